The van der Waals surface area contributed by atoms with Gasteiger partial charge in [0.25, 0.3) is 6.47 Å². The zero-order valence-corrected chi connectivity index (χ0v) is 19.1. The Bertz CT molecular complexity index is 1480. The normalized spacial score (nSPS) is 10.9. The first-order valence-corrected chi connectivity index (χ1v) is 11.8. The maximum Gasteiger partial charge on any atom is 0.299 e. The van der Waals surface area contributed by atoms with Crippen molar-refractivity contribution in [2.45, 2.75) is 6.92 Å². The second-order valence-electron chi connectivity index (χ2n) is 7.46. The van der Waals surface area contributed by atoms with Crippen LogP contribution in [0.5, 0.6) is 11.6 Å². The number of thiazole rings is 1. The highest BCUT2D eigenvalue weighted by Gasteiger charge is 2.21. The number of benzene rings is 3. The van der Waals surface area contributed by atoms with Gasteiger partial charge in [0.2, 0.25) is 11.7 Å². The summed E-state index contributed by atoms with van der Waals surface area (Å²) in [7, 11) is 0. The van der Waals surface area contributed by atoms with Gasteiger partial charge in [-0.15, -0.1) is 22.7 Å². The van der Waals surface area contributed by atoms with Crippen molar-refractivity contribution in [1.82, 2.24) is 4.98 Å². The number of carbonyl (C=O) groups excluding carboxylic acids is 2. The molecule has 5 nitrogen and oxygen atoms in total. The molecule has 33 heavy (non-hydrogen) atoms. The Morgan fingerprint density at radius 1 is 1.00 bits per heavy atom. The third kappa shape index (κ3) is 4.04. The van der Waals surface area contributed by atoms with E-state index in [1.807, 2.05) is 61.5 Å². The number of carbonyl (C=O) groups is 2. The SMILES string of the molecule is Cc1ccc(C(=O)c2sc3cc(O)ccc3c2-c2ccc(-c3nc(OC=O)cs3)cc2)cc1. The number of rotatable bonds is 6. The van der Waals surface area contributed by atoms with Crippen molar-refractivity contribution in [3.63, 3.8) is 0 Å². The Hall–Kier alpha value is -3.81. The average Bonchev–Trinajstić information content (AvgIpc) is 3.44. The standard InChI is InChI=1S/C26H17NO4S2/c1-15-2-4-17(5-3-15)24(30)25-23(20-11-10-19(29)12-21(20)33-25)16-6-8-18(9-7-16)26-27-22(13-32-26)31-14-28/h2-14,29H,1H3. The van der Waals surface area contributed by atoms with Crippen molar-refractivity contribution in [1.29, 1.82) is 0 Å². The predicted molar refractivity (Wildman–Crippen MR) is 131 cm³/mol. The minimum atomic E-state index is -0.0506. The summed E-state index contributed by atoms with van der Waals surface area (Å²) in [4.78, 5) is 28.9. The van der Waals surface area contributed by atoms with Gasteiger partial charge in [0, 0.05) is 26.8 Å². The van der Waals surface area contributed by atoms with E-state index < -0.39 is 0 Å². The van der Waals surface area contributed by atoms with Crippen LogP contribution in [0.4, 0.5) is 0 Å². The molecule has 2 heterocycles. The van der Waals surface area contributed by atoms with E-state index >= 15 is 0 Å². The number of nitrogens with zero attached hydrogens (tertiary/aromatic N) is 1. The number of hydrogen-bond acceptors (Lipinski definition) is 7. The number of ketones is 1. The third-order valence-electron chi connectivity index (χ3n) is 5.27. The summed E-state index contributed by atoms with van der Waals surface area (Å²) in [6, 6.07) is 20.5. The van der Waals surface area contributed by atoms with Gasteiger partial charge >= 0.3 is 0 Å². The number of ether oxygens (including phenoxy) is 1. The van der Waals surface area contributed by atoms with E-state index in [1.54, 1.807) is 17.5 Å². The van der Waals surface area contributed by atoms with Crippen molar-refractivity contribution >= 4 is 45.0 Å². The molecule has 7 heteroatoms. The summed E-state index contributed by atoms with van der Waals surface area (Å²) < 4.78 is 5.65. The Labute approximate surface area is 197 Å². The van der Waals surface area contributed by atoms with Crippen molar-refractivity contribution in [3.8, 4) is 33.3 Å². The van der Waals surface area contributed by atoms with E-state index in [2.05, 4.69) is 4.98 Å². The lowest BCUT2D eigenvalue weighted by atomic mass is 9.97. The minimum absolute atomic E-state index is 0.0506. The Morgan fingerprint density at radius 2 is 1.73 bits per heavy atom. The molecule has 0 bridgehead atoms. The van der Waals surface area contributed by atoms with Crippen LogP contribution in [-0.2, 0) is 4.79 Å². The van der Waals surface area contributed by atoms with Gasteiger partial charge in [-0.3, -0.25) is 9.59 Å². The van der Waals surface area contributed by atoms with Gasteiger partial charge in [-0.05, 0) is 30.7 Å². The predicted octanol–water partition coefficient (Wildman–Crippen LogP) is 6.47. The maximum absolute atomic E-state index is 13.5. The fourth-order valence-electron chi connectivity index (χ4n) is 3.64. The molecule has 0 spiro atoms. The second-order valence-corrected chi connectivity index (χ2v) is 9.37. The van der Waals surface area contributed by atoms with Crippen molar-refractivity contribution < 1.29 is 19.4 Å². The summed E-state index contributed by atoms with van der Waals surface area (Å²) in [6.45, 7) is 2.34. The third-order valence-corrected chi connectivity index (χ3v) is 7.29. The van der Waals surface area contributed by atoms with Crippen LogP contribution in [-0.4, -0.2) is 22.3 Å². The van der Waals surface area contributed by atoms with Crippen molar-refractivity contribution in [2.75, 3.05) is 0 Å². The summed E-state index contributed by atoms with van der Waals surface area (Å²) in [5.41, 5.74) is 4.34. The Morgan fingerprint density at radius 3 is 2.45 bits per heavy atom. The molecule has 3 aromatic carbocycles. The van der Waals surface area contributed by atoms with Crippen LogP contribution in [0.1, 0.15) is 20.8 Å². The number of aryl methyl sites for hydroxylation is 1. The largest absolute Gasteiger partial charge is 0.508 e. The van der Waals surface area contributed by atoms with E-state index in [0.29, 0.717) is 16.9 Å². The highest BCUT2D eigenvalue weighted by Crippen LogP contribution is 2.42. The zero-order valence-electron chi connectivity index (χ0n) is 17.4. The lowest BCUT2D eigenvalue weighted by Gasteiger charge is -2.07. The minimum Gasteiger partial charge on any atom is -0.508 e. The monoisotopic (exact) mass is 471 g/mol. The fraction of sp³-hybridized carbons (Fsp3) is 0.0385. The first kappa shape index (κ1) is 21.1. The Kier molecular flexibility index (Phi) is 5.50. The molecular formula is C26H17NO4S2. The molecule has 2 aromatic heterocycles. The van der Waals surface area contributed by atoms with Gasteiger partial charge in [-0.25, -0.2) is 4.98 Å². The van der Waals surface area contributed by atoms with Crippen molar-refractivity contribution in [2.24, 2.45) is 0 Å². The molecule has 0 saturated heterocycles. The van der Waals surface area contributed by atoms with Gasteiger partial charge in [0.15, 0.2) is 0 Å². The number of phenols is 1. The van der Waals surface area contributed by atoms with E-state index in [0.717, 1.165) is 37.3 Å². The van der Waals surface area contributed by atoms with Crippen LogP contribution < -0.4 is 4.74 Å². The van der Waals surface area contributed by atoms with Crippen LogP contribution >= 0.6 is 22.7 Å². The molecule has 0 fully saturated rings. The summed E-state index contributed by atoms with van der Waals surface area (Å²) in [6.07, 6.45) is 0. The average molecular weight is 472 g/mol. The summed E-state index contributed by atoms with van der Waals surface area (Å²) >= 11 is 2.76. The number of hydrogen-bond donors (Lipinski definition) is 1. The number of thiophene rings is 1. The number of aromatic nitrogens is 1. The molecule has 162 valence electrons. The van der Waals surface area contributed by atoms with Crippen LogP contribution in [0, 0.1) is 6.92 Å². The number of fused-ring (bicyclic) bond motifs is 1. The van der Waals surface area contributed by atoms with Crippen LogP contribution in [0.15, 0.2) is 72.1 Å². The van der Waals surface area contributed by atoms with Gasteiger partial charge in [0.05, 0.1) is 10.3 Å². The second kappa shape index (κ2) is 8.61. The molecule has 0 amide bonds. The molecule has 0 radical (unpaired) electrons. The summed E-state index contributed by atoms with van der Waals surface area (Å²) in [5.74, 6) is 0.381. The zero-order chi connectivity index (χ0) is 22.9. The molecule has 0 aliphatic carbocycles. The molecule has 0 atom stereocenters. The van der Waals surface area contributed by atoms with Gasteiger partial charge in [-0.2, -0.15) is 0 Å². The van der Waals surface area contributed by atoms with E-state index in [1.165, 1.54) is 22.7 Å². The fourth-order valence-corrected chi connectivity index (χ4v) is 5.60. The molecule has 0 unspecified atom stereocenters. The number of aromatic hydroxyl groups is 1. The Balaban J connectivity index is 1.60. The first-order valence-electron chi connectivity index (χ1n) is 10.1. The molecule has 5 rings (SSSR count). The van der Waals surface area contributed by atoms with E-state index in [9.17, 15) is 14.7 Å². The number of phenolic OH excluding ortho intramolecular Hbond substituents is 1. The quantitative estimate of drug-likeness (QED) is 0.227. The van der Waals surface area contributed by atoms with Gasteiger partial charge in [0.1, 0.15) is 10.8 Å². The summed E-state index contributed by atoms with van der Waals surface area (Å²) in [5, 5.41) is 13.3. The van der Waals surface area contributed by atoms with E-state index in [4.69, 9.17) is 4.74 Å². The van der Waals surface area contributed by atoms with Crippen molar-refractivity contribution in [3.05, 3.63) is 88.1 Å². The molecule has 0 saturated carbocycles. The van der Waals surface area contributed by atoms with Crippen LogP contribution in [0.2, 0.25) is 0 Å². The molecule has 0 aliphatic rings. The lowest BCUT2D eigenvalue weighted by molar-refractivity contribution is -0.120. The lowest BCUT2D eigenvalue weighted by Crippen LogP contribution is -2.00. The first-order chi connectivity index (χ1) is 16.0. The molecule has 0 aliphatic heterocycles. The molecular weight excluding hydrogens is 454 g/mol. The maximum atomic E-state index is 13.5. The molecule has 1 N–H and O–H groups in total. The van der Waals surface area contributed by atoms with Gasteiger partial charge in [-0.1, -0.05) is 54.1 Å². The van der Waals surface area contributed by atoms with E-state index in [-0.39, 0.29) is 17.4 Å². The smallest absolute Gasteiger partial charge is 0.299 e. The molecule has 5 aromatic rings. The highest BCUT2D eigenvalue weighted by molar-refractivity contribution is 7.21. The highest BCUT2D eigenvalue weighted by atomic mass is 32.1. The van der Waals surface area contributed by atoms with Crippen LogP contribution in [0.25, 0.3) is 31.8 Å². The van der Waals surface area contributed by atoms with Gasteiger partial charge < -0.3 is 9.84 Å². The topological polar surface area (TPSA) is 76.5 Å². The van der Waals surface area contributed by atoms with Crippen LogP contribution in [0.3, 0.4) is 0 Å².